The average molecular weight is 349 g/mol. The Morgan fingerprint density at radius 2 is 1.83 bits per heavy atom. The predicted molar refractivity (Wildman–Crippen MR) is 95.9 cm³/mol. The maximum atomic E-state index is 11.2. The van der Waals surface area contributed by atoms with Crippen LogP contribution in [0.15, 0.2) is 42.5 Å². The molecule has 2 aromatic rings. The number of halogens is 1. The standard InChI is InChI=1S/C18H21ClN2O3/c1-23-16-6-4-15(5-7-16)21(10-9-18(20)22)12-13-11-14(19)3-8-17(13)24-2/h3-8,11H,9-10,12H2,1-2H3,(H2,20,22). The molecular weight excluding hydrogens is 328 g/mol. The second-order valence-corrected chi connectivity index (χ2v) is 5.73. The molecule has 24 heavy (non-hydrogen) atoms. The van der Waals surface area contributed by atoms with Crippen molar-refractivity contribution in [2.75, 3.05) is 25.7 Å². The molecule has 0 aliphatic rings. The second-order valence-electron chi connectivity index (χ2n) is 5.29. The Bertz CT molecular complexity index is 689. The molecule has 0 fully saturated rings. The summed E-state index contributed by atoms with van der Waals surface area (Å²) in [7, 11) is 3.24. The second kappa shape index (κ2) is 8.45. The van der Waals surface area contributed by atoms with Gasteiger partial charge >= 0.3 is 0 Å². The van der Waals surface area contributed by atoms with Crippen LogP contribution in [0.4, 0.5) is 5.69 Å². The van der Waals surface area contributed by atoms with Crippen molar-refractivity contribution in [1.29, 1.82) is 0 Å². The van der Waals surface area contributed by atoms with Gasteiger partial charge in [-0.25, -0.2) is 0 Å². The number of amides is 1. The SMILES string of the molecule is COc1ccc(N(CCC(N)=O)Cc2cc(Cl)ccc2OC)cc1. The fourth-order valence-corrected chi connectivity index (χ4v) is 2.61. The molecular formula is C18H21ClN2O3. The molecule has 0 aliphatic heterocycles. The van der Waals surface area contributed by atoms with E-state index in [1.807, 2.05) is 36.4 Å². The predicted octanol–water partition coefficient (Wildman–Crippen LogP) is 3.24. The lowest BCUT2D eigenvalue weighted by Crippen LogP contribution is -2.27. The molecule has 0 radical (unpaired) electrons. The highest BCUT2D eigenvalue weighted by molar-refractivity contribution is 6.30. The number of carbonyl (C=O) groups is 1. The van der Waals surface area contributed by atoms with Gasteiger partial charge in [0.25, 0.3) is 0 Å². The molecule has 128 valence electrons. The van der Waals surface area contributed by atoms with Gasteiger partial charge in [0, 0.05) is 35.8 Å². The molecule has 1 amide bonds. The Hall–Kier alpha value is -2.40. The van der Waals surface area contributed by atoms with Gasteiger partial charge in [-0.3, -0.25) is 4.79 Å². The molecule has 2 rings (SSSR count). The summed E-state index contributed by atoms with van der Waals surface area (Å²) in [5, 5.41) is 0.635. The lowest BCUT2D eigenvalue weighted by Gasteiger charge is -2.25. The summed E-state index contributed by atoms with van der Waals surface area (Å²) in [4.78, 5) is 13.2. The number of hydrogen-bond acceptors (Lipinski definition) is 4. The first-order chi connectivity index (χ1) is 11.5. The maximum absolute atomic E-state index is 11.2. The van der Waals surface area contributed by atoms with E-state index in [2.05, 4.69) is 4.90 Å². The molecule has 2 N–H and O–H groups in total. The van der Waals surface area contributed by atoms with E-state index in [1.54, 1.807) is 20.3 Å². The molecule has 0 atom stereocenters. The average Bonchev–Trinajstić information content (AvgIpc) is 2.58. The normalized spacial score (nSPS) is 10.3. The summed E-state index contributed by atoms with van der Waals surface area (Å²) < 4.78 is 10.6. The Kier molecular flexibility index (Phi) is 6.32. The Morgan fingerprint density at radius 3 is 2.42 bits per heavy atom. The van der Waals surface area contributed by atoms with Crippen LogP contribution in [0.2, 0.25) is 5.02 Å². The summed E-state index contributed by atoms with van der Waals surface area (Å²) in [6, 6.07) is 13.1. The minimum absolute atomic E-state index is 0.259. The van der Waals surface area contributed by atoms with Crippen molar-refractivity contribution in [3.63, 3.8) is 0 Å². The minimum atomic E-state index is -0.341. The first-order valence-corrected chi connectivity index (χ1v) is 7.91. The van der Waals surface area contributed by atoms with Gasteiger partial charge in [-0.05, 0) is 42.5 Å². The summed E-state index contributed by atoms with van der Waals surface area (Å²) in [6.07, 6.45) is 0.259. The Labute approximate surface area is 146 Å². The summed E-state index contributed by atoms with van der Waals surface area (Å²) in [5.41, 5.74) is 7.20. The molecule has 0 heterocycles. The van der Waals surface area contributed by atoms with E-state index in [0.717, 1.165) is 22.7 Å². The number of benzene rings is 2. The van der Waals surface area contributed by atoms with Gasteiger partial charge in [-0.15, -0.1) is 0 Å². The Balaban J connectivity index is 2.28. The van der Waals surface area contributed by atoms with E-state index >= 15 is 0 Å². The first-order valence-electron chi connectivity index (χ1n) is 7.53. The van der Waals surface area contributed by atoms with Gasteiger partial charge in [-0.1, -0.05) is 11.6 Å². The number of nitrogens with two attached hydrogens (primary N) is 1. The van der Waals surface area contributed by atoms with Crippen LogP contribution in [-0.2, 0) is 11.3 Å². The van der Waals surface area contributed by atoms with Crippen LogP contribution in [0.25, 0.3) is 0 Å². The molecule has 0 saturated carbocycles. The molecule has 0 aromatic heterocycles. The number of ether oxygens (including phenoxy) is 2. The summed E-state index contributed by atoms with van der Waals surface area (Å²) in [5.74, 6) is 1.18. The van der Waals surface area contributed by atoms with Crippen molar-refractivity contribution < 1.29 is 14.3 Å². The highest BCUT2D eigenvalue weighted by Gasteiger charge is 2.13. The van der Waals surface area contributed by atoms with Crippen molar-refractivity contribution in [2.24, 2.45) is 5.73 Å². The molecule has 2 aromatic carbocycles. The third-order valence-corrected chi connectivity index (χ3v) is 3.90. The lowest BCUT2D eigenvalue weighted by molar-refractivity contribution is -0.117. The number of anilines is 1. The van der Waals surface area contributed by atoms with Gasteiger partial charge < -0.3 is 20.1 Å². The first kappa shape index (κ1) is 17.9. The van der Waals surface area contributed by atoms with E-state index < -0.39 is 0 Å². The topological polar surface area (TPSA) is 64.8 Å². The zero-order valence-corrected chi connectivity index (χ0v) is 14.5. The van der Waals surface area contributed by atoms with Crippen LogP contribution in [0.3, 0.4) is 0 Å². The minimum Gasteiger partial charge on any atom is -0.497 e. The third kappa shape index (κ3) is 4.80. The smallest absolute Gasteiger partial charge is 0.219 e. The maximum Gasteiger partial charge on any atom is 0.219 e. The van der Waals surface area contributed by atoms with Crippen molar-refractivity contribution in [1.82, 2.24) is 0 Å². The monoisotopic (exact) mass is 348 g/mol. The molecule has 0 spiro atoms. The van der Waals surface area contributed by atoms with Crippen molar-refractivity contribution in [3.8, 4) is 11.5 Å². The highest BCUT2D eigenvalue weighted by atomic mass is 35.5. The Morgan fingerprint density at radius 1 is 1.12 bits per heavy atom. The fraction of sp³-hybridized carbons (Fsp3) is 0.278. The van der Waals surface area contributed by atoms with Gasteiger partial charge in [-0.2, -0.15) is 0 Å². The largest absolute Gasteiger partial charge is 0.497 e. The van der Waals surface area contributed by atoms with E-state index in [1.165, 1.54) is 0 Å². The van der Waals surface area contributed by atoms with Crippen LogP contribution in [0.1, 0.15) is 12.0 Å². The summed E-state index contributed by atoms with van der Waals surface area (Å²) >= 11 is 6.11. The number of rotatable bonds is 8. The molecule has 0 bridgehead atoms. The van der Waals surface area contributed by atoms with E-state index in [-0.39, 0.29) is 12.3 Å². The van der Waals surface area contributed by atoms with Crippen LogP contribution in [-0.4, -0.2) is 26.7 Å². The third-order valence-electron chi connectivity index (χ3n) is 3.67. The zero-order chi connectivity index (χ0) is 17.5. The number of nitrogens with zero attached hydrogens (tertiary/aromatic N) is 1. The molecule has 0 aliphatic carbocycles. The van der Waals surface area contributed by atoms with Crippen LogP contribution < -0.4 is 20.1 Å². The zero-order valence-electron chi connectivity index (χ0n) is 13.8. The molecule has 0 saturated heterocycles. The number of hydrogen-bond donors (Lipinski definition) is 1. The number of carbonyl (C=O) groups excluding carboxylic acids is 1. The van der Waals surface area contributed by atoms with Gasteiger partial charge in [0.15, 0.2) is 0 Å². The molecule has 6 heteroatoms. The van der Waals surface area contributed by atoms with Crippen LogP contribution in [0.5, 0.6) is 11.5 Å². The quantitative estimate of drug-likeness (QED) is 0.795. The fourth-order valence-electron chi connectivity index (χ4n) is 2.41. The number of primary amides is 1. The van der Waals surface area contributed by atoms with Crippen molar-refractivity contribution in [2.45, 2.75) is 13.0 Å². The van der Waals surface area contributed by atoms with Crippen molar-refractivity contribution in [3.05, 3.63) is 53.1 Å². The highest BCUT2D eigenvalue weighted by Crippen LogP contribution is 2.27. The summed E-state index contributed by atoms with van der Waals surface area (Å²) in [6.45, 7) is 1.04. The van der Waals surface area contributed by atoms with E-state index in [0.29, 0.717) is 18.1 Å². The van der Waals surface area contributed by atoms with Gasteiger partial charge in [0.1, 0.15) is 11.5 Å². The van der Waals surface area contributed by atoms with E-state index in [4.69, 9.17) is 26.8 Å². The van der Waals surface area contributed by atoms with Crippen LogP contribution in [0, 0.1) is 0 Å². The van der Waals surface area contributed by atoms with Gasteiger partial charge in [0.05, 0.1) is 14.2 Å². The number of methoxy groups -OCH3 is 2. The lowest BCUT2D eigenvalue weighted by atomic mass is 10.1. The van der Waals surface area contributed by atoms with Crippen molar-refractivity contribution >= 4 is 23.2 Å². The molecule has 5 nitrogen and oxygen atoms in total. The van der Waals surface area contributed by atoms with Gasteiger partial charge in [0.2, 0.25) is 5.91 Å². The van der Waals surface area contributed by atoms with Crippen LogP contribution >= 0.6 is 11.6 Å². The molecule has 0 unspecified atom stereocenters. The van der Waals surface area contributed by atoms with E-state index in [9.17, 15) is 4.79 Å².